The maximum atomic E-state index is 10.9. The van der Waals surface area contributed by atoms with Crippen molar-refractivity contribution < 1.29 is 9.90 Å². The van der Waals surface area contributed by atoms with Crippen LogP contribution in [-0.4, -0.2) is 46.0 Å². The Kier molecular flexibility index (Phi) is 3.83. The lowest BCUT2D eigenvalue weighted by Crippen LogP contribution is -2.21. The normalized spacial score (nSPS) is 14.2. The average molecular weight is 265 g/mol. The van der Waals surface area contributed by atoms with Crippen molar-refractivity contribution in [3.8, 4) is 0 Å². The lowest BCUT2D eigenvalue weighted by atomic mass is 10.1. The molecule has 2 aromatic rings. The van der Waals surface area contributed by atoms with Gasteiger partial charge < -0.3 is 5.11 Å². The van der Waals surface area contributed by atoms with Crippen molar-refractivity contribution in [3.05, 3.63) is 18.5 Å². The summed E-state index contributed by atoms with van der Waals surface area (Å²) < 4.78 is 3.18. The highest BCUT2D eigenvalue weighted by molar-refractivity contribution is 5.67. The summed E-state index contributed by atoms with van der Waals surface area (Å²) in [6.45, 7) is 3.78. The quantitative estimate of drug-likeness (QED) is 0.799. The molecule has 9 heteroatoms. The fourth-order valence-corrected chi connectivity index (χ4v) is 1.88. The molecule has 1 N–H and O–H groups in total. The summed E-state index contributed by atoms with van der Waals surface area (Å²) in [5.41, 5.74) is 0. The van der Waals surface area contributed by atoms with E-state index in [1.807, 2.05) is 13.8 Å². The first-order valence-electron chi connectivity index (χ1n) is 5.97. The molecule has 2 unspecified atom stereocenters. The van der Waals surface area contributed by atoms with Crippen molar-refractivity contribution >= 4 is 5.97 Å². The molecule has 2 aromatic heterocycles. The molecule has 0 amide bonds. The largest absolute Gasteiger partial charge is 0.481 e. The first-order valence-corrected chi connectivity index (χ1v) is 5.97. The van der Waals surface area contributed by atoms with Gasteiger partial charge in [-0.05, 0) is 23.8 Å². The van der Waals surface area contributed by atoms with Crippen LogP contribution in [0.4, 0.5) is 0 Å². The zero-order valence-corrected chi connectivity index (χ0v) is 10.7. The number of carboxylic acids is 1. The number of carboxylic acid groups (broad SMARTS) is 1. The predicted molar refractivity (Wildman–Crippen MR) is 63.2 cm³/mol. The lowest BCUT2D eigenvalue weighted by Gasteiger charge is -2.17. The second-order valence-electron chi connectivity index (χ2n) is 4.19. The number of carbonyl (C=O) groups is 1. The Hall–Kier alpha value is -2.32. The monoisotopic (exact) mass is 265 g/mol. The third kappa shape index (κ3) is 2.75. The second kappa shape index (κ2) is 5.55. The van der Waals surface area contributed by atoms with Crippen LogP contribution in [0.25, 0.3) is 0 Å². The fourth-order valence-electron chi connectivity index (χ4n) is 1.88. The Bertz CT molecular complexity index is 536. The molecular formula is C10H15N7O2. The molecule has 0 fully saturated rings. The molecule has 0 saturated carbocycles. The van der Waals surface area contributed by atoms with E-state index in [9.17, 15) is 4.79 Å². The van der Waals surface area contributed by atoms with Crippen molar-refractivity contribution in [3.63, 3.8) is 0 Å². The lowest BCUT2D eigenvalue weighted by molar-refractivity contribution is -0.138. The highest BCUT2D eigenvalue weighted by atomic mass is 16.4. The van der Waals surface area contributed by atoms with Crippen LogP contribution >= 0.6 is 0 Å². The van der Waals surface area contributed by atoms with E-state index in [1.54, 1.807) is 15.7 Å². The minimum absolute atomic E-state index is 0.0153. The van der Waals surface area contributed by atoms with Gasteiger partial charge in [0.25, 0.3) is 0 Å². The van der Waals surface area contributed by atoms with Gasteiger partial charge in [-0.1, -0.05) is 6.92 Å². The molecule has 19 heavy (non-hydrogen) atoms. The summed E-state index contributed by atoms with van der Waals surface area (Å²) >= 11 is 0. The summed E-state index contributed by atoms with van der Waals surface area (Å²) in [7, 11) is 0. The van der Waals surface area contributed by atoms with Crippen LogP contribution in [0.15, 0.2) is 12.7 Å². The van der Waals surface area contributed by atoms with Crippen LogP contribution in [0, 0.1) is 0 Å². The first-order chi connectivity index (χ1) is 9.13. The average Bonchev–Trinajstić information content (AvgIpc) is 3.05. The molecular weight excluding hydrogens is 250 g/mol. The van der Waals surface area contributed by atoms with Crippen molar-refractivity contribution in [1.29, 1.82) is 0 Å². The molecule has 0 spiro atoms. The number of rotatable bonds is 6. The maximum absolute atomic E-state index is 10.9. The third-order valence-corrected chi connectivity index (χ3v) is 2.95. The summed E-state index contributed by atoms with van der Waals surface area (Å²) in [6, 6.07) is -0.478. The zero-order valence-electron chi connectivity index (χ0n) is 10.7. The van der Waals surface area contributed by atoms with E-state index in [0.717, 1.165) is 0 Å². The molecule has 0 bridgehead atoms. The van der Waals surface area contributed by atoms with Gasteiger partial charge in [0, 0.05) is 0 Å². The Balaban J connectivity index is 2.28. The van der Waals surface area contributed by atoms with Gasteiger partial charge in [-0.15, -0.1) is 5.10 Å². The molecule has 0 aliphatic rings. The van der Waals surface area contributed by atoms with Gasteiger partial charge in [0.15, 0.2) is 5.82 Å². The van der Waals surface area contributed by atoms with E-state index >= 15 is 0 Å². The number of aromatic nitrogens is 7. The summed E-state index contributed by atoms with van der Waals surface area (Å²) in [5.74, 6) is -0.305. The maximum Gasteiger partial charge on any atom is 0.305 e. The fraction of sp³-hybridized carbons (Fsp3) is 0.600. The highest BCUT2D eigenvalue weighted by Gasteiger charge is 2.23. The molecule has 0 aliphatic carbocycles. The van der Waals surface area contributed by atoms with Gasteiger partial charge in [-0.3, -0.25) is 4.79 Å². The third-order valence-electron chi connectivity index (χ3n) is 2.95. The van der Waals surface area contributed by atoms with E-state index in [0.29, 0.717) is 12.2 Å². The molecule has 2 heterocycles. The van der Waals surface area contributed by atoms with Crippen molar-refractivity contribution in [1.82, 2.24) is 35.0 Å². The molecule has 0 saturated heterocycles. The zero-order chi connectivity index (χ0) is 13.8. The Morgan fingerprint density at radius 1 is 1.53 bits per heavy atom. The van der Waals surface area contributed by atoms with Gasteiger partial charge in [-0.25, -0.2) is 14.3 Å². The molecule has 9 nitrogen and oxygen atoms in total. The number of tetrazole rings is 1. The van der Waals surface area contributed by atoms with Crippen LogP contribution in [0.5, 0.6) is 0 Å². The smallest absolute Gasteiger partial charge is 0.305 e. The van der Waals surface area contributed by atoms with Crippen molar-refractivity contribution in [2.24, 2.45) is 0 Å². The van der Waals surface area contributed by atoms with Gasteiger partial charge in [-0.2, -0.15) is 5.10 Å². The topological polar surface area (TPSA) is 112 Å². The van der Waals surface area contributed by atoms with Crippen LogP contribution in [0.3, 0.4) is 0 Å². The summed E-state index contributed by atoms with van der Waals surface area (Å²) in [4.78, 5) is 14.7. The molecule has 0 radical (unpaired) electrons. The summed E-state index contributed by atoms with van der Waals surface area (Å²) in [6.07, 6.45) is 3.62. The molecule has 102 valence electrons. The molecule has 2 rings (SSSR count). The number of hydrogen-bond acceptors (Lipinski definition) is 6. The van der Waals surface area contributed by atoms with Gasteiger partial charge in [0.1, 0.15) is 18.7 Å². The SMILES string of the molecule is CCC(CC(=O)O)n1nnnc1C(C)n1cncn1. The van der Waals surface area contributed by atoms with E-state index in [2.05, 4.69) is 25.6 Å². The minimum Gasteiger partial charge on any atom is -0.481 e. The van der Waals surface area contributed by atoms with Crippen LogP contribution in [-0.2, 0) is 4.79 Å². The summed E-state index contributed by atoms with van der Waals surface area (Å²) in [5, 5.41) is 24.5. The molecule has 0 aliphatic heterocycles. The minimum atomic E-state index is -0.873. The Morgan fingerprint density at radius 2 is 2.32 bits per heavy atom. The van der Waals surface area contributed by atoms with Crippen molar-refractivity contribution in [2.75, 3.05) is 0 Å². The number of hydrogen-bond donors (Lipinski definition) is 1. The van der Waals surface area contributed by atoms with E-state index < -0.39 is 5.97 Å². The highest BCUT2D eigenvalue weighted by Crippen LogP contribution is 2.20. The van der Waals surface area contributed by atoms with Gasteiger partial charge in [0.2, 0.25) is 0 Å². The number of aliphatic carboxylic acids is 1. The van der Waals surface area contributed by atoms with Crippen LogP contribution in [0.2, 0.25) is 0 Å². The Labute approximate surface area is 109 Å². The molecule has 2 atom stereocenters. The van der Waals surface area contributed by atoms with Crippen LogP contribution in [0.1, 0.15) is 44.6 Å². The first kappa shape index (κ1) is 13.1. The van der Waals surface area contributed by atoms with Gasteiger partial charge in [0.05, 0.1) is 12.5 Å². The van der Waals surface area contributed by atoms with E-state index in [4.69, 9.17) is 5.11 Å². The van der Waals surface area contributed by atoms with Crippen molar-refractivity contribution in [2.45, 2.75) is 38.8 Å². The standard InChI is InChI=1S/C10H15N7O2/c1-3-8(4-9(18)19)17-10(13-14-15-17)7(2)16-6-11-5-12-16/h5-8H,3-4H2,1-2H3,(H,18,19). The molecule has 0 aromatic carbocycles. The van der Waals surface area contributed by atoms with E-state index in [1.165, 1.54) is 6.33 Å². The number of nitrogens with zero attached hydrogens (tertiary/aromatic N) is 7. The predicted octanol–water partition coefficient (Wildman–Crippen LogP) is 0.300. The second-order valence-corrected chi connectivity index (χ2v) is 4.19. The Morgan fingerprint density at radius 3 is 2.89 bits per heavy atom. The van der Waals surface area contributed by atoms with E-state index in [-0.39, 0.29) is 18.5 Å². The van der Waals surface area contributed by atoms with Crippen LogP contribution < -0.4 is 0 Å². The van der Waals surface area contributed by atoms with Gasteiger partial charge >= 0.3 is 5.97 Å².